The number of aliphatic imine (C=N–C) groups is 1. The SMILES string of the molecule is Cc1cc(N=C=O)ccc1Cl.Nc1nc(-c2ccccn2)cs1.O=C(Cc1ccc(Cl)c(C(F)(F)F)c1)Nc1nc(-c2ccccn2)cs1. The van der Waals surface area contributed by atoms with Crippen LogP contribution in [0.4, 0.5) is 29.1 Å². The summed E-state index contributed by atoms with van der Waals surface area (Å²) in [5, 5.41) is 7.42. The fourth-order valence-electron chi connectivity index (χ4n) is 3.88. The summed E-state index contributed by atoms with van der Waals surface area (Å²) in [6, 6.07) is 19.6. The molecule has 0 aliphatic rings. The lowest BCUT2D eigenvalue weighted by molar-refractivity contribution is -0.137. The Bertz CT molecular complexity index is 2050. The van der Waals surface area contributed by atoms with Gasteiger partial charge in [0.2, 0.25) is 12.0 Å². The summed E-state index contributed by atoms with van der Waals surface area (Å²) in [6.45, 7) is 1.85. The van der Waals surface area contributed by atoms with Crippen molar-refractivity contribution in [2.75, 3.05) is 11.1 Å². The molecule has 0 fully saturated rings. The lowest BCUT2D eigenvalue weighted by Crippen LogP contribution is -2.15. The van der Waals surface area contributed by atoms with E-state index in [1.807, 2.05) is 36.6 Å². The minimum atomic E-state index is -4.57. The summed E-state index contributed by atoms with van der Waals surface area (Å²) in [5.74, 6) is -0.470. The van der Waals surface area contributed by atoms with Crippen molar-refractivity contribution in [3.05, 3.63) is 123 Å². The third-order valence-corrected chi connectivity index (χ3v) is 8.33. The van der Waals surface area contributed by atoms with Crippen molar-refractivity contribution in [2.24, 2.45) is 4.99 Å². The average Bonchev–Trinajstić information content (AvgIpc) is 3.74. The Kier molecular flexibility index (Phi) is 13.1. The van der Waals surface area contributed by atoms with Crippen molar-refractivity contribution in [1.29, 1.82) is 0 Å². The maximum Gasteiger partial charge on any atom is 0.417 e. The quantitative estimate of drug-likeness (QED) is 0.128. The molecule has 0 spiro atoms. The molecule has 0 bridgehead atoms. The number of isocyanates is 1. The molecule has 0 atom stereocenters. The van der Waals surface area contributed by atoms with Crippen LogP contribution in [0, 0.1) is 6.92 Å². The highest BCUT2D eigenvalue weighted by Gasteiger charge is 2.33. The monoisotopic (exact) mass is 741 g/mol. The van der Waals surface area contributed by atoms with Crippen molar-refractivity contribution in [1.82, 2.24) is 19.9 Å². The number of amides is 1. The van der Waals surface area contributed by atoms with E-state index in [2.05, 4.69) is 30.2 Å². The molecule has 0 aliphatic heterocycles. The smallest absolute Gasteiger partial charge is 0.375 e. The first kappa shape index (κ1) is 36.8. The van der Waals surface area contributed by atoms with Crippen LogP contribution < -0.4 is 11.1 Å². The van der Waals surface area contributed by atoms with Gasteiger partial charge < -0.3 is 11.1 Å². The van der Waals surface area contributed by atoms with Crippen LogP contribution in [-0.2, 0) is 22.2 Å². The van der Waals surface area contributed by atoms with Gasteiger partial charge in [-0.05, 0) is 72.6 Å². The number of nitrogen functional groups attached to an aromatic ring is 1. The van der Waals surface area contributed by atoms with E-state index in [0.29, 0.717) is 32.4 Å². The van der Waals surface area contributed by atoms with Gasteiger partial charge in [0.05, 0.1) is 34.1 Å². The minimum Gasteiger partial charge on any atom is -0.375 e. The van der Waals surface area contributed by atoms with Gasteiger partial charge in [0, 0.05) is 28.2 Å². The molecule has 4 aromatic heterocycles. The lowest BCUT2D eigenvalue weighted by Gasteiger charge is -2.10. The molecule has 4 heterocycles. The first-order chi connectivity index (χ1) is 23.4. The molecule has 0 aliphatic carbocycles. The van der Waals surface area contributed by atoms with Crippen LogP contribution in [-0.4, -0.2) is 31.9 Å². The number of thiazole rings is 2. The van der Waals surface area contributed by atoms with Crippen LogP contribution in [0.3, 0.4) is 0 Å². The van der Waals surface area contributed by atoms with Crippen molar-refractivity contribution in [3.8, 4) is 22.8 Å². The number of anilines is 2. The van der Waals surface area contributed by atoms with Crippen molar-refractivity contribution >= 4 is 73.8 Å². The highest BCUT2D eigenvalue weighted by Crippen LogP contribution is 2.35. The molecule has 0 saturated carbocycles. The minimum absolute atomic E-state index is 0.209. The number of carbonyl (C=O) groups excluding carboxylic acids is 2. The predicted octanol–water partition coefficient (Wildman–Crippen LogP) is 9.46. The van der Waals surface area contributed by atoms with Gasteiger partial charge in [0.25, 0.3) is 0 Å². The molecule has 0 saturated heterocycles. The number of nitrogens with zero attached hydrogens (tertiary/aromatic N) is 5. The van der Waals surface area contributed by atoms with Crippen molar-refractivity contribution in [3.63, 3.8) is 0 Å². The van der Waals surface area contributed by atoms with Crippen LogP contribution in [0.25, 0.3) is 22.8 Å². The number of aromatic nitrogens is 4. The molecule has 250 valence electrons. The highest BCUT2D eigenvalue weighted by atomic mass is 35.5. The number of benzene rings is 2. The Labute approximate surface area is 296 Å². The number of hydrogen-bond acceptors (Lipinski definition) is 10. The molecular weight excluding hydrogens is 718 g/mol. The van der Waals surface area contributed by atoms with Crippen LogP contribution in [0.15, 0.2) is 101 Å². The Morgan fingerprint density at radius 2 is 1.51 bits per heavy atom. The summed E-state index contributed by atoms with van der Waals surface area (Å²) in [4.78, 5) is 42.1. The maximum absolute atomic E-state index is 12.9. The Morgan fingerprint density at radius 3 is 2.06 bits per heavy atom. The number of nitrogens with two attached hydrogens (primary N) is 1. The summed E-state index contributed by atoms with van der Waals surface area (Å²) < 4.78 is 38.6. The molecule has 16 heteroatoms. The first-order valence-electron chi connectivity index (χ1n) is 13.9. The van der Waals surface area contributed by atoms with Gasteiger partial charge in [-0.2, -0.15) is 18.2 Å². The van der Waals surface area contributed by atoms with Crippen molar-refractivity contribution in [2.45, 2.75) is 19.5 Å². The summed E-state index contributed by atoms with van der Waals surface area (Å²) in [7, 11) is 0. The van der Waals surface area contributed by atoms with Gasteiger partial charge in [-0.25, -0.2) is 14.8 Å². The van der Waals surface area contributed by atoms with E-state index in [0.717, 1.165) is 29.1 Å². The number of alkyl halides is 3. The van der Waals surface area contributed by atoms with Crippen molar-refractivity contribution < 1.29 is 22.8 Å². The van der Waals surface area contributed by atoms with Crippen LogP contribution in [0.2, 0.25) is 10.0 Å². The van der Waals surface area contributed by atoms with E-state index in [1.54, 1.807) is 48.1 Å². The van der Waals surface area contributed by atoms with E-state index in [1.165, 1.54) is 34.8 Å². The van der Waals surface area contributed by atoms with E-state index >= 15 is 0 Å². The number of aryl methyl sites for hydroxylation is 1. The molecule has 1 amide bonds. The van der Waals surface area contributed by atoms with Gasteiger partial charge in [-0.3, -0.25) is 14.8 Å². The summed E-state index contributed by atoms with van der Waals surface area (Å²) in [5.41, 5.74) is 9.22. The van der Waals surface area contributed by atoms with Gasteiger partial charge in [0.1, 0.15) is 11.4 Å². The Hall–Kier alpha value is -4.98. The Morgan fingerprint density at radius 1 is 0.878 bits per heavy atom. The predicted molar refractivity (Wildman–Crippen MR) is 188 cm³/mol. The number of rotatable bonds is 6. The fraction of sp³-hybridized carbons (Fsp3) is 0.0909. The molecule has 3 N–H and O–H groups in total. The Balaban J connectivity index is 0.000000193. The number of halogens is 5. The lowest BCUT2D eigenvalue weighted by atomic mass is 10.1. The van der Waals surface area contributed by atoms with E-state index in [4.69, 9.17) is 28.9 Å². The standard InChI is InChI=1S/C17H11ClF3N3OS.C8H6ClNO.C8H7N3S/c18-12-5-4-10(7-11(12)17(19,20)21)8-15(25)24-16-23-14(9-26-16)13-3-1-2-6-22-13;1-6-4-7(10-5-11)2-3-8(6)9;9-8-11-7(5-12-8)6-3-1-2-4-10-6/h1-7,9H,8H2,(H,23,24,25);2-4H,1H3;1-5H,(H2,9,11). The third kappa shape index (κ3) is 11.3. The largest absolute Gasteiger partial charge is 0.417 e. The number of carbonyl (C=O) groups is 1. The molecule has 9 nitrogen and oxygen atoms in total. The normalized spacial score (nSPS) is 10.5. The molecule has 6 aromatic rings. The summed E-state index contributed by atoms with van der Waals surface area (Å²) in [6.07, 6.45) is 0.0378. The fourth-order valence-corrected chi connectivity index (χ4v) is 5.50. The molecular formula is C33H24Cl2F3N7O2S2. The second-order valence-electron chi connectivity index (χ2n) is 9.71. The van der Waals surface area contributed by atoms with Gasteiger partial charge in [-0.15, -0.1) is 22.7 Å². The topological polar surface area (TPSA) is 136 Å². The average molecular weight is 743 g/mol. The molecule has 0 radical (unpaired) electrons. The zero-order valence-corrected chi connectivity index (χ0v) is 28.4. The molecule has 49 heavy (non-hydrogen) atoms. The van der Waals surface area contributed by atoms with E-state index in [9.17, 15) is 22.8 Å². The maximum atomic E-state index is 12.9. The second kappa shape index (κ2) is 17.4. The van der Waals surface area contributed by atoms with Gasteiger partial charge in [0.15, 0.2) is 10.3 Å². The zero-order chi connectivity index (χ0) is 35.4. The number of hydrogen-bond donors (Lipinski definition) is 2. The van der Waals surface area contributed by atoms with Gasteiger partial charge >= 0.3 is 6.18 Å². The molecule has 6 rings (SSSR count). The second-order valence-corrected chi connectivity index (χ2v) is 12.3. The number of nitrogens with one attached hydrogen (secondary N) is 1. The van der Waals surface area contributed by atoms with Crippen LogP contribution in [0.1, 0.15) is 16.7 Å². The van der Waals surface area contributed by atoms with E-state index in [-0.39, 0.29) is 12.0 Å². The van der Waals surface area contributed by atoms with Crippen LogP contribution in [0.5, 0.6) is 0 Å². The number of pyridine rings is 2. The molecule has 0 unspecified atom stereocenters. The van der Waals surface area contributed by atoms with E-state index < -0.39 is 22.7 Å². The first-order valence-corrected chi connectivity index (χ1v) is 16.4. The summed E-state index contributed by atoms with van der Waals surface area (Å²) >= 11 is 13.9. The third-order valence-electron chi connectivity index (χ3n) is 6.14. The zero-order valence-electron chi connectivity index (χ0n) is 25.3. The molecule has 2 aromatic carbocycles. The van der Waals surface area contributed by atoms with Crippen LogP contribution >= 0.6 is 45.9 Å². The van der Waals surface area contributed by atoms with Gasteiger partial charge in [-0.1, -0.05) is 41.4 Å². The highest BCUT2D eigenvalue weighted by molar-refractivity contribution is 7.14.